The van der Waals surface area contributed by atoms with Crippen LogP contribution in [0, 0.1) is 23.7 Å². The summed E-state index contributed by atoms with van der Waals surface area (Å²) < 4.78 is 87.2. The minimum Gasteiger partial charge on any atom is -0.166 e. The summed E-state index contributed by atoms with van der Waals surface area (Å²) in [6, 6.07) is 2.86. The van der Waals surface area contributed by atoms with E-state index in [1.54, 1.807) is 0 Å². The Morgan fingerprint density at radius 2 is 0.925 bits per heavy atom. The monoisotopic (exact) mass is 572 g/mol. The lowest BCUT2D eigenvalue weighted by Gasteiger charge is -2.39. The molecule has 0 radical (unpaired) electrons. The van der Waals surface area contributed by atoms with Crippen LogP contribution in [0.2, 0.25) is 0 Å². The lowest BCUT2D eigenvalue weighted by Crippen LogP contribution is -2.28. The first kappa shape index (κ1) is 31.7. The Labute approximate surface area is 238 Å². The van der Waals surface area contributed by atoms with Crippen LogP contribution < -0.4 is 0 Å². The number of unbranched alkanes of at least 4 members (excludes halogenated alkanes) is 2. The van der Waals surface area contributed by atoms with Gasteiger partial charge in [-0.05, 0) is 111 Å². The van der Waals surface area contributed by atoms with Gasteiger partial charge in [0.25, 0.3) is 0 Å². The van der Waals surface area contributed by atoms with Crippen molar-refractivity contribution in [3.63, 3.8) is 0 Å². The largest absolute Gasteiger partial charge is 0.417 e. The smallest absolute Gasteiger partial charge is 0.166 e. The molecule has 6 heteroatoms. The highest BCUT2D eigenvalue weighted by molar-refractivity contribution is 5.48. The van der Waals surface area contributed by atoms with Crippen LogP contribution in [-0.2, 0) is 12.4 Å². The average molecular weight is 573 g/mol. The number of rotatable bonds is 9. The fourth-order valence-corrected chi connectivity index (χ4v) is 8.63. The van der Waals surface area contributed by atoms with Gasteiger partial charge < -0.3 is 0 Å². The molecule has 3 aliphatic carbocycles. The predicted molar refractivity (Wildman–Crippen MR) is 150 cm³/mol. The average Bonchev–Trinajstić information content (AvgIpc) is 2.93. The van der Waals surface area contributed by atoms with Gasteiger partial charge in [0, 0.05) is 0 Å². The maximum atomic E-state index is 14.5. The van der Waals surface area contributed by atoms with Crippen LogP contribution in [0.1, 0.15) is 164 Å². The molecule has 228 valence electrons. The SMILES string of the molecule is CCCCCC1CCC(c2ccc(C3CCC(C4CCC(CCC)CC4)CC3)c(C(F)(F)F)c2C(F)(F)F)CC1. The zero-order valence-electron chi connectivity index (χ0n) is 24.6. The molecule has 0 saturated heterocycles. The Balaban J connectivity index is 1.51. The second kappa shape index (κ2) is 13.8. The molecule has 3 aliphatic rings. The zero-order valence-corrected chi connectivity index (χ0v) is 24.6. The van der Waals surface area contributed by atoms with Crippen LogP contribution in [0.3, 0.4) is 0 Å². The highest BCUT2D eigenvalue weighted by atomic mass is 19.4. The molecule has 3 fully saturated rings. The number of hydrogen-bond acceptors (Lipinski definition) is 0. The van der Waals surface area contributed by atoms with E-state index in [0.29, 0.717) is 43.4 Å². The topological polar surface area (TPSA) is 0 Å². The van der Waals surface area contributed by atoms with E-state index >= 15 is 0 Å². The van der Waals surface area contributed by atoms with Gasteiger partial charge in [0.1, 0.15) is 0 Å². The first-order chi connectivity index (χ1) is 19.0. The molecular formula is C34H50F6. The first-order valence-corrected chi connectivity index (χ1v) is 16.3. The van der Waals surface area contributed by atoms with E-state index in [1.807, 2.05) is 0 Å². The van der Waals surface area contributed by atoms with Crippen LogP contribution in [-0.4, -0.2) is 0 Å². The van der Waals surface area contributed by atoms with E-state index in [9.17, 15) is 26.3 Å². The molecule has 0 nitrogen and oxygen atoms in total. The Morgan fingerprint density at radius 1 is 0.525 bits per heavy atom. The molecule has 0 amide bonds. The highest BCUT2D eigenvalue weighted by Gasteiger charge is 2.48. The molecule has 0 atom stereocenters. The van der Waals surface area contributed by atoms with Gasteiger partial charge in [0.05, 0.1) is 11.1 Å². The van der Waals surface area contributed by atoms with Crippen molar-refractivity contribution in [3.05, 3.63) is 34.4 Å². The van der Waals surface area contributed by atoms with E-state index in [0.717, 1.165) is 57.3 Å². The summed E-state index contributed by atoms with van der Waals surface area (Å²) in [7, 11) is 0. The molecule has 0 N–H and O–H groups in total. The van der Waals surface area contributed by atoms with Crippen molar-refractivity contribution in [1.29, 1.82) is 0 Å². The van der Waals surface area contributed by atoms with Gasteiger partial charge in [-0.25, -0.2) is 0 Å². The third-order valence-electron chi connectivity index (χ3n) is 10.8. The maximum absolute atomic E-state index is 14.5. The summed E-state index contributed by atoms with van der Waals surface area (Å²) in [5.41, 5.74) is -3.00. The van der Waals surface area contributed by atoms with E-state index < -0.39 is 35.3 Å². The van der Waals surface area contributed by atoms with Crippen molar-refractivity contribution in [2.45, 2.75) is 154 Å². The quantitative estimate of drug-likeness (QED) is 0.204. The van der Waals surface area contributed by atoms with E-state index in [-0.39, 0.29) is 11.1 Å². The summed E-state index contributed by atoms with van der Waals surface area (Å²) in [5.74, 6) is 1.52. The molecule has 1 aromatic rings. The summed E-state index contributed by atoms with van der Waals surface area (Å²) in [6.45, 7) is 4.36. The van der Waals surface area contributed by atoms with Crippen LogP contribution in [0.15, 0.2) is 12.1 Å². The third kappa shape index (κ3) is 7.79. The van der Waals surface area contributed by atoms with Crippen LogP contribution in [0.25, 0.3) is 0 Å². The molecule has 0 aliphatic heterocycles. The molecule has 40 heavy (non-hydrogen) atoms. The standard InChI is InChI=1S/C34H50F6/c1-3-5-6-8-24-11-15-27(16-12-24)29-21-22-30(32(34(38,39)40)31(29)33(35,36)37)28-19-17-26(18-20-28)25-13-9-23(7-4-2)10-14-25/h21-28H,3-20H2,1-2H3. The molecule has 0 heterocycles. The summed E-state index contributed by atoms with van der Waals surface area (Å²) in [4.78, 5) is 0. The number of benzene rings is 1. The van der Waals surface area contributed by atoms with Crippen LogP contribution in [0.5, 0.6) is 0 Å². The summed E-state index contributed by atoms with van der Waals surface area (Å²) in [5, 5.41) is 0. The van der Waals surface area contributed by atoms with Crippen molar-refractivity contribution in [3.8, 4) is 0 Å². The van der Waals surface area contributed by atoms with Gasteiger partial charge in [0.15, 0.2) is 0 Å². The van der Waals surface area contributed by atoms with Gasteiger partial charge >= 0.3 is 12.4 Å². The Kier molecular flexibility index (Phi) is 11.0. The molecule has 4 rings (SSSR count). The number of halogens is 6. The van der Waals surface area contributed by atoms with Gasteiger partial charge in [-0.2, -0.15) is 26.3 Å². The first-order valence-electron chi connectivity index (χ1n) is 16.3. The van der Waals surface area contributed by atoms with Crippen molar-refractivity contribution in [2.24, 2.45) is 23.7 Å². The van der Waals surface area contributed by atoms with Crippen LogP contribution >= 0.6 is 0 Å². The Bertz CT molecular complexity index is 908. The van der Waals surface area contributed by atoms with Crippen molar-refractivity contribution >= 4 is 0 Å². The lowest BCUT2D eigenvalue weighted by molar-refractivity contribution is -0.163. The van der Waals surface area contributed by atoms with Gasteiger partial charge in [-0.3, -0.25) is 0 Å². The second-order valence-electron chi connectivity index (χ2n) is 13.4. The third-order valence-corrected chi connectivity index (χ3v) is 10.8. The predicted octanol–water partition coefficient (Wildman–Crippen LogP) is 12.5. The molecular weight excluding hydrogens is 522 g/mol. The second-order valence-corrected chi connectivity index (χ2v) is 13.4. The highest BCUT2D eigenvalue weighted by Crippen LogP contribution is 2.52. The number of alkyl halides is 6. The minimum absolute atomic E-state index is 0.109. The summed E-state index contributed by atoms with van der Waals surface area (Å²) in [6.07, 6.45) is 7.25. The minimum atomic E-state index is -5.03. The molecule has 0 aromatic heterocycles. The van der Waals surface area contributed by atoms with Gasteiger partial charge in [0.2, 0.25) is 0 Å². The van der Waals surface area contributed by atoms with E-state index in [4.69, 9.17) is 0 Å². The number of hydrogen-bond donors (Lipinski definition) is 0. The molecule has 1 aromatic carbocycles. The van der Waals surface area contributed by atoms with E-state index in [2.05, 4.69) is 13.8 Å². The Morgan fingerprint density at radius 3 is 1.35 bits per heavy atom. The molecule has 0 bridgehead atoms. The van der Waals surface area contributed by atoms with E-state index in [1.165, 1.54) is 50.7 Å². The zero-order chi connectivity index (χ0) is 28.9. The maximum Gasteiger partial charge on any atom is 0.417 e. The van der Waals surface area contributed by atoms with Gasteiger partial charge in [-0.15, -0.1) is 0 Å². The fraction of sp³-hybridized carbons (Fsp3) is 0.824. The molecule has 0 spiro atoms. The fourth-order valence-electron chi connectivity index (χ4n) is 8.63. The Hall–Kier alpha value is -1.20. The molecule has 0 unspecified atom stereocenters. The van der Waals surface area contributed by atoms with Crippen molar-refractivity contribution in [2.75, 3.05) is 0 Å². The normalized spacial score (nSPS) is 30.4. The van der Waals surface area contributed by atoms with Crippen molar-refractivity contribution in [1.82, 2.24) is 0 Å². The van der Waals surface area contributed by atoms with Crippen LogP contribution in [0.4, 0.5) is 26.3 Å². The lowest BCUT2D eigenvalue weighted by atomic mass is 9.67. The molecule has 3 saturated carbocycles. The van der Waals surface area contributed by atoms with Crippen molar-refractivity contribution < 1.29 is 26.3 Å². The van der Waals surface area contributed by atoms with Gasteiger partial charge in [-0.1, -0.05) is 77.3 Å². The summed E-state index contributed by atoms with van der Waals surface area (Å²) >= 11 is 0.